The maximum atomic E-state index is 13.6. The number of hydrogen-bond donors (Lipinski definition) is 0. The summed E-state index contributed by atoms with van der Waals surface area (Å²) in [5.74, 6) is -0.0750. The van der Waals surface area contributed by atoms with Gasteiger partial charge >= 0.3 is 5.97 Å². The van der Waals surface area contributed by atoms with Gasteiger partial charge in [0.2, 0.25) is 0 Å². The van der Waals surface area contributed by atoms with E-state index in [0.717, 1.165) is 29.8 Å². The topological polar surface area (TPSA) is 86.0 Å². The standard InChI is InChI=1S/C26H32N4O4/c1-6-34-25(32)17-10-9-13-29(16-17)24(31)19-14-20(18-11-7-8-12-21(18)33-5)30-23(27-19)15-22(28-30)26(2,3)4/h7-8,11-12,14-15,17H,6,9-10,13,16H2,1-5H3. The molecular formula is C26H32N4O4. The van der Waals surface area contributed by atoms with Crippen LogP contribution >= 0.6 is 0 Å². The zero-order valence-corrected chi connectivity index (χ0v) is 20.5. The fourth-order valence-corrected chi connectivity index (χ4v) is 4.27. The van der Waals surface area contributed by atoms with E-state index in [1.54, 1.807) is 29.5 Å². The average molecular weight is 465 g/mol. The Kier molecular flexibility index (Phi) is 6.59. The van der Waals surface area contributed by atoms with E-state index in [4.69, 9.17) is 14.6 Å². The van der Waals surface area contributed by atoms with E-state index < -0.39 is 0 Å². The molecule has 1 atom stereocenters. The zero-order chi connectivity index (χ0) is 24.5. The Bertz CT molecular complexity index is 1210. The van der Waals surface area contributed by atoms with Gasteiger partial charge in [0.1, 0.15) is 11.4 Å². The van der Waals surface area contributed by atoms with E-state index in [2.05, 4.69) is 25.8 Å². The molecule has 0 radical (unpaired) electrons. The third-order valence-corrected chi connectivity index (χ3v) is 6.13. The predicted molar refractivity (Wildman–Crippen MR) is 129 cm³/mol. The summed E-state index contributed by atoms with van der Waals surface area (Å²) in [4.78, 5) is 32.2. The number of hydrogen-bond acceptors (Lipinski definition) is 6. The van der Waals surface area contributed by atoms with Crippen molar-refractivity contribution in [1.29, 1.82) is 0 Å². The average Bonchev–Trinajstić information content (AvgIpc) is 3.28. The van der Waals surface area contributed by atoms with Crippen molar-refractivity contribution in [1.82, 2.24) is 19.5 Å². The number of nitrogens with zero attached hydrogens (tertiary/aromatic N) is 4. The quantitative estimate of drug-likeness (QED) is 0.528. The molecule has 1 aliphatic heterocycles. The summed E-state index contributed by atoms with van der Waals surface area (Å²) >= 11 is 0. The first-order valence-electron chi connectivity index (χ1n) is 11.7. The van der Waals surface area contributed by atoms with Crippen molar-refractivity contribution in [2.75, 3.05) is 26.8 Å². The summed E-state index contributed by atoms with van der Waals surface area (Å²) in [5, 5.41) is 4.82. The van der Waals surface area contributed by atoms with Crippen LogP contribution in [0.5, 0.6) is 5.75 Å². The number of benzene rings is 1. The van der Waals surface area contributed by atoms with Gasteiger partial charge in [-0.3, -0.25) is 9.59 Å². The first-order chi connectivity index (χ1) is 16.2. The van der Waals surface area contributed by atoms with E-state index in [0.29, 0.717) is 36.8 Å². The molecule has 0 bridgehead atoms. The van der Waals surface area contributed by atoms with Crippen molar-refractivity contribution in [2.45, 2.75) is 46.0 Å². The molecule has 34 heavy (non-hydrogen) atoms. The van der Waals surface area contributed by atoms with Crippen LogP contribution in [0.2, 0.25) is 0 Å². The Hall–Kier alpha value is -3.42. The number of methoxy groups -OCH3 is 1. The third-order valence-electron chi connectivity index (χ3n) is 6.13. The van der Waals surface area contributed by atoms with Crippen LogP contribution in [0, 0.1) is 5.92 Å². The minimum atomic E-state index is -0.308. The van der Waals surface area contributed by atoms with Crippen LogP contribution in [-0.2, 0) is 14.9 Å². The molecule has 2 aromatic heterocycles. The van der Waals surface area contributed by atoms with Crippen LogP contribution in [0.1, 0.15) is 56.7 Å². The number of esters is 1. The van der Waals surface area contributed by atoms with Gasteiger partial charge in [-0.1, -0.05) is 32.9 Å². The molecule has 8 heteroatoms. The Balaban J connectivity index is 1.79. The predicted octanol–water partition coefficient (Wildman–Crippen LogP) is 4.12. The van der Waals surface area contributed by atoms with Crippen LogP contribution in [0.3, 0.4) is 0 Å². The number of likely N-dealkylation sites (tertiary alicyclic amines) is 1. The lowest BCUT2D eigenvalue weighted by molar-refractivity contribution is -0.149. The minimum absolute atomic E-state index is 0.185. The maximum Gasteiger partial charge on any atom is 0.310 e. The number of amides is 1. The number of rotatable bonds is 5. The molecule has 1 aliphatic rings. The number of aromatic nitrogens is 3. The van der Waals surface area contributed by atoms with Gasteiger partial charge in [0.05, 0.1) is 31.0 Å². The summed E-state index contributed by atoms with van der Waals surface area (Å²) in [5.41, 5.74) is 3.14. The van der Waals surface area contributed by atoms with Crippen molar-refractivity contribution in [2.24, 2.45) is 5.92 Å². The number of para-hydroxylation sites is 1. The Morgan fingerprint density at radius 3 is 2.65 bits per heavy atom. The molecule has 1 unspecified atom stereocenters. The number of carbonyl (C=O) groups is 2. The molecule has 4 rings (SSSR count). The van der Waals surface area contributed by atoms with E-state index >= 15 is 0 Å². The number of ether oxygens (including phenoxy) is 2. The molecule has 3 aromatic rings. The second kappa shape index (κ2) is 9.44. The van der Waals surface area contributed by atoms with Gasteiger partial charge in [0, 0.05) is 30.1 Å². The number of fused-ring (bicyclic) bond motifs is 1. The van der Waals surface area contributed by atoms with Crippen LogP contribution in [0.25, 0.3) is 16.9 Å². The second-order valence-electron chi connectivity index (χ2n) is 9.62. The monoisotopic (exact) mass is 464 g/mol. The molecule has 0 saturated carbocycles. The van der Waals surface area contributed by atoms with Crippen LogP contribution in [0.4, 0.5) is 0 Å². The van der Waals surface area contributed by atoms with Gasteiger partial charge in [-0.15, -0.1) is 0 Å². The SMILES string of the molecule is CCOC(=O)C1CCCN(C(=O)c2cc(-c3ccccc3OC)n3nc(C(C)(C)C)cc3n2)C1. The lowest BCUT2D eigenvalue weighted by Gasteiger charge is -2.31. The summed E-state index contributed by atoms with van der Waals surface area (Å²) in [6, 6.07) is 11.3. The summed E-state index contributed by atoms with van der Waals surface area (Å²) < 4.78 is 12.6. The van der Waals surface area contributed by atoms with Crippen LogP contribution < -0.4 is 4.74 Å². The summed E-state index contributed by atoms with van der Waals surface area (Å²) in [7, 11) is 1.62. The highest BCUT2D eigenvalue weighted by molar-refractivity contribution is 5.94. The molecule has 1 aromatic carbocycles. The van der Waals surface area contributed by atoms with Crippen LogP contribution in [0.15, 0.2) is 36.4 Å². The fourth-order valence-electron chi connectivity index (χ4n) is 4.27. The number of piperidine rings is 1. The van der Waals surface area contributed by atoms with Crippen molar-refractivity contribution in [3.63, 3.8) is 0 Å². The van der Waals surface area contributed by atoms with Crippen molar-refractivity contribution in [3.8, 4) is 17.0 Å². The zero-order valence-electron chi connectivity index (χ0n) is 20.5. The van der Waals surface area contributed by atoms with E-state index in [1.807, 2.05) is 30.3 Å². The lowest BCUT2D eigenvalue weighted by atomic mass is 9.93. The van der Waals surface area contributed by atoms with Crippen molar-refractivity contribution in [3.05, 3.63) is 47.8 Å². The van der Waals surface area contributed by atoms with Gasteiger partial charge in [-0.2, -0.15) is 5.10 Å². The molecule has 0 aliphatic carbocycles. The van der Waals surface area contributed by atoms with Crippen molar-refractivity contribution >= 4 is 17.5 Å². The van der Waals surface area contributed by atoms with E-state index in [1.165, 1.54) is 0 Å². The molecule has 3 heterocycles. The highest BCUT2D eigenvalue weighted by atomic mass is 16.5. The summed E-state index contributed by atoms with van der Waals surface area (Å²) in [6.07, 6.45) is 1.47. The molecular weight excluding hydrogens is 432 g/mol. The Morgan fingerprint density at radius 1 is 1.18 bits per heavy atom. The van der Waals surface area contributed by atoms with Crippen LogP contribution in [-0.4, -0.2) is 58.2 Å². The normalized spacial score (nSPS) is 16.5. The largest absolute Gasteiger partial charge is 0.496 e. The van der Waals surface area contributed by atoms with Gasteiger partial charge in [-0.25, -0.2) is 9.50 Å². The first kappa shape index (κ1) is 23.7. The fraction of sp³-hybridized carbons (Fsp3) is 0.462. The second-order valence-corrected chi connectivity index (χ2v) is 9.62. The highest BCUT2D eigenvalue weighted by Crippen LogP contribution is 2.32. The molecule has 1 amide bonds. The van der Waals surface area contributed by atoms with Crippen molar-refractivity contribution < 1.29 is 19.1 Å². The molecule has 8 nitrogen and oxygen atoms in total. The number of carbonyl (C=O) groups excluding carboxylic acids is 2. The third kappa shape index (κ3) is 4.62. The van der Waals surface area contributed by atoms with Gasteiger partial charge < -0.3 is 14.4 Å². The molecule has 0 N–H and O–H groups in total. The Labute approximate surface area is 199 Å². The molecule has 180 valence electrons. The maximum absolute atomic E-state index is 13.6. The van der Waals surface area contributed by atoms with Gasteiger partial charge in [-0.05, 0) is 38.0 Å². The Morgan fingerprint density at radius 2 is 1.94 bits per heavy atom. The molecule has 1 fully saturated rings. The van der Waals surface area contributed by atoms with Gasteiger partial charge in [0.15, 0.2) is 5.65 Å². The van der Waals surface area contributed by atoms with E-state index in [-0.39, 0.29) is 23.2 Å². The minimum Gasteiger partial charge on any atom is -0.496 e. The smallest absolute Gasteiger partial charge is 0.310 e. The van der Waals surface area contributed by atoms with E-state index in [9.17, 15) is 9.59 Å². The van der Waals surface area contributed by atoms with Gasteiger partial charge in [0.25, 0.3) is 5.91 Å². The highest BCUT2D eigenvalue weighted by Gasteiger charge is 2.31. The summed E-state index contributed by atoms with van der Waals surface area (Å²) in [6.45, 7) is 9.31. The molecule has 1 saturated heterocycles. The molecule has 0 spiro atoms. The first-order valence-corrected chi connectivity index (χ1v) is 11.7. The lowest BCUT2D eigenvalue weighted by Crippen LogP contribution is -2.43.